The standard InChI is InChI=1S/C13H10Br2N2O2S/c1-5-2-10(20-12(5)15)11(18)6-3-8-9(4-7(6)14)17-13(19)16-8/h2-4,11,18H,1H3,(H2,16,17,19). The average Bonchev–Trinajstić information content (AvgIpc) is 2.90. The van der Waals surface area contributed by atoms with Crippen LogP contribution in [0.1, 0.15) is 22.1 Å². The van der Waals surface area contributed by atoms with Crippen molar-refractivity contribution in [3.05, 3.63) is 52.9 Å². The molecule has 20 heavy (non-hydrogen) atoms. The van der Waals surface area contributed by atoms with E-state index in [9.17, 15) is 9.90 Å². The van der Waals surface area contributed by atoms with Gasteiger partial charge in [0.05, 0.1) is 14.8 Å². The summed E-state index contributed by atoms with van der Waals surface area (Å²) in [5.41, 5.74) is 2.95. The molecule has 0 saturated carbocycles. The van der Waals surface area contributed by atoms with Crippen molar-refractivity contribution in [2.24, 2.45) is 0 Å². The van der Waals surface area contributed by atoms with Crippen molar-refractivity contribution >= 4 is 54.2 Å². The number of aromatic amines is 2. The minimum Gasteiger partial charge on any atom is -0.383 e. The summed E-state index contributed by atoms with van der Waals surface area (Å²) in [6.45, 7) is 1.98. The van der Waals surface area contributed by atoms with E-state index in [1.807, 2.05) is 13.0 Å². The molecule has 2 heterocycles. The Morgan fingerprint density at radius 1 is 1.20 bits per heavy atom. The van der Waals surface area contributed by atoms with Gasteiger partial charge in [0.25, 0.3) is 0 Å². The highest BCUT2D eigenvalue weighted by Gasteiger charge is 2.18. The second kappa shape index (κ2) is 5.14. The third kappa shape index (κ3) is 2.39. The van der Waals surface area contributed by atoms with E-state index in [0.29, 0.717) is 11.0 Å². The Kier molecular flexibility index (Phi) is 3.62. The minimum absolute atomic E-state index is 0.256. The molecule has 0 radical (unpaired) electrons. The molecule has 3 aromatic rings. The lowest BCUT2D eigenvalue weighted by atomic mass is 10.1. The maximum atomic E-state index is 11.3. The van der Waals surface area contributed by atoms with Crippen LogP contribution in [0.25, 0.3) is 11.0 Å². The van der Waals surface area contributed by atoms with E-state index in [1.54, 1.807) is 12.1 Å². The molecule has 3 N–H and O–H groups in total. The predicted molar refractivity (Wildman–Crippen MR) is 87.4 cm³/mol. The van der Waals surface area contributed by atoms with E-state index in [4.69, 9.17) is 0 Å². The fourth-order valence-corrected chi connectivity index (χ4v) is 4.19. The monoisotopic (exact) mass is 416 g/mol. The summed E-state index contributed by atoms with van der Waals surface area (Å²) in [6, 6.07) is 5.53. The molecule has 1 atom stereocenters. The number of thiophene rings is 1. The van der Waals surface area contributed by atoms with E-state index in [1.165, 1.54) is 11.3 Å². The van der Waals surface area contributed by atoms with Gasteiger partial charge in [0.1, 0.15) is 6.10 Å². The van der Waals surface area contributed by atoms with Gasteiger partial charge in [0.2, 0.25) is 0 Å². The first kappa shape index (κ1) is 14.1. The zero-order valence-corrected chi connectivity index (χ0v) is 14.3. The summed E-state index contributed by atoms with van der Waals surface area (Å²) < 4.78 is 1.77. The largest absolute Gasteiger partial charge is 0.383 e. The number of aliphatic hydroxyl groups excluding tert-OH is 1. The molecular weight excluding hydrogens is 408 g/mol. The zero-order valence-electron chi connectivity index (χ0n) is 10.3. The number of fused-ring (bicyclic) bond motifs is 1. The maximum absolute atomic E-state index is 11.3. The summed E-state index contributed by atoms with van der Waals surface area (Å²) in [5, 5.41) is 10.5. The number of H-pyrrole nitrogens is 2. The third-order valence-corrected chi connectivity index (χ3v) is 5.95. The number of rotatable bonds is 2. The Morgan fingerprint density at radius 2 is 1.85 bits per heavy atom. The summed E-state index contributed by atoms with van der Waals surface area (Å²) in [4.78, 5) is 17.6. The Bertz CT molecular complexity index is 830. The van der Waals surface area contributed by atoms with Crippen molar-refractivity contribution in [1.29, 1.82) is 0 Å². The van der Waals surface area contributed by atoms with Gasteiger partial charge in [-0.15, -0.1) is 11.3 Å². The van der Waals surface area contributed by atoms with Gasteiger partial charge in [-0.05, 0) is 46.6 Å². The van der Waals surface area contributed by atoms with Gasteiger partial charge in [0, 0.05) is 14.9 Å². The molecule has 7 heteroatoms. The number of hydrogen-bond donors (Lipinski definition) is 3. The van der Waals surface area contributed by atoms with Crippen molar-refractivity contribution in [2.75, 3.05) is 0 Å². The number of aromatic nitrogens is 2. The second-order valence-electron chi connectivity index (χ2n) is 4.51. The number of benzene rings is 1. The van der Waals surface area contributed by atoms with Gasteiger partial charge in [-0.3, -0.25) is 0 Å². The molecule has 104 valence electrons. The highest BCUT2D eigenvalue weighted by atomic mass is 79.9. The van der Waals surface area contributed by atoms with Gasteiger partial charge < -0.3 is 15.1 Å². The predicted octanol–water partition coefficient (Wildman–Crippen LogP) is 3.83. The zero-order chi connectivity index (χ0) is 14.4. The molecule has 0 fully saturated rings. The van der Waals surface area contributed by atoms with E-state index in [0.717, 1.165) is 24.3 Å². The van der Waals surface area contributed by atoms with Crippen LogP contribution in [0.15, 0.2) is 31.3 Å². The molecule has 0 amide bonds. The SMILES string of the molecule is Cc1cc(C(O)c2cc3[nH]c(=O)[nH]c3cc2Br)sc1Br. The smallest absolute Gasteiger partial charge is 0.323 e. The fourth-order valence-electron chi connectivity index (χ4n) is 2.05. The minimum atomic E-state index is -0.734. The molecule has 0 spiro atoms. The summed E-state index contributed by atoms with van der Waals surface area (Å²) >= 11 is 8.41. The normalized spacial score (nSPS) is 13.0. The van der Waals surface area contributed by atoms with Gasteiger partial charge in [0.15, 0.2) is 0 Å². The molecule has 0 saturated heterocycles. The fraction of sp³-hybridized carbons (Fsp3) is 0.154. The van der Waals surface area contributed by atoms with Crippen LogP contribution in [0.4, 0.5) is 0 Å². The lowest BCUT2D eigenvalue weighted by molar-refractivity contribution is 0.223. The van der Waals surface area contributed by atoms with Crippen LogP contribution in [-0.4, -0.2) is 15.1 Å². The first-order chi connectivity index (χ1) is 9.45. The number of hydrogen-bond acceptors (Lipinski definition) is 3. The van der Waals surface area contributed by atoms with Crippen molar-refractivity contribution in [3.63, 3.8) is 0 Å². The molecule has 0 aliphatic carbocycles. The van der Waals surface area contributed by atoms with Gasteiger partial charge in [-0.25, -0.2) is 4.79 Å². The average molecular weight is 418 g/mol. The Labute approximate surface area is 135 Å². The quantitative estimate of drug-likeness (QED) is 0.592. The molecular formula is C13H10Br2N2O2S. The molecule has 0 aliphatic heterocycles. The van der Waals surface area contributed by atoms with Crippen LogP contribution in [0, 0.1) is 6.92 Å². The Hall–Kier alpha value is -0.890. The lowest BCUT2D eigenvalue weighted by Crippen LogP contribution is -1.99. The number of aliphatic hydroxyl groups is 1. The van der Waals surface area contributed by atoms with Crippen LogP contribution in [0.5, 0.6) is 0 Å². The van der Waals surface area contributed by atoms with Gasteiger partial charge in [-0.1, -0.05) is 15.9 Å². The van der Waals surface area contributed by atoms with Crippen molar-refractivity contribution in [3.8, 4) is 0 Å². The lowest BCUT2D eigenvalue weighted by Gasteiger charge is -2.11. The third-order valence-electron chi connectivity index (χ3n) is 3.07. The van der Waals surface area contributed by atoms with Crippen LogP contribution in [0.3, 0.4) is 0 Å². The van der Waals surface area contributed by atoms with Crippen LogP contribution in [0.2, 0.25) is 0 Å². The van der Waals surface area contributed by atoms with Crippen LogP contribution in [-0.2, 0) is 0 Å². The van der Waals surface area contributed by atoms with Crippen LogP contribution < -0.4 is 5.69 Å². The van der Waals surface area contributed by atoms with E-state index < -0.39 is 6.10 Å². The van der Waals surface area contributed by atoms with Crippen molar-refractivity contribution in [1.82, 2.24) is 9.97 Å². The summed E-state index contributed by atoms with van der Waals surface area (Å²) in [7, 11) is 0. The summed E-state index contributed by atoms with van der Waals surface area (Å²) in [5.74, 6) is 0. The second-order valence-corrected chi connectivity index (χ2v) is 7.76. The van der Waals surface area contributed by atoms with E-state index >= 15 is 0 Å². The van der Waals surface area contributed by atoms with Gasteiger partial charge >= 0.3 is 5.69 Å². The first-order valence-electron chi connectivity index (χ1n) is 5.81. The van der Waals surface area contributed by atoms with E-state index in [-0.39, 0.29) is 5.69 Å². The molecule has 0 bridgehead atoms. The molecule has 1 unspecified atom stereocenters. The Balaban J connectivity index is 2.12. The first-order valence-corrected chi connectivity index (χ1v) is 8.21. The maximum Gasteiger partial charge on any atom is 0.323 e. The van der Waals surface area contributed by atoms with Gasteiger partial charge in [-0.2, -0.15) is 0 Å². The molecule has 2 aromatic heterocycles. The highest BCUT2D eigenvalue weighted by Crippen LogP contribution is 2.37. The topological polar surface area (TPSA) is 68.9 Å². The molecule has 3 rings (SSSR count). The van der Waals surface area contributed by atoms with Crippen molar-refractivity contribution < 1.29 is 5.11 Å². The molecule has 1 aromatic carbocycles. The number of imidazole rings is 1. The number of nitrogens with one attached hydrogen (secondary N) is 2. The number of aryl methyl sites for hydroxylation is 1. The number of halogens is 2. The van der Waals surface area contributed by atoms with E-state index in [2.05, 4.69) is 41.8 Å². The van der Waals surface area contributed by atoms with Crippen molar-refractivity contribution in [2.45, 2.75) is 13.0 Å². The van der Waals surface area contributed by atoms with Crippen LogP contribution >= 0.6 is 43.2 Å². The highest BCUT2D eigenvalue weighted by molar-refractivity contribution is 9.11. The molecule has 4 nitrogen and oxygen atoms in total. The molecule has 0 aliphatic rings. The Morgan fingerprint density at radius 3 is 2.45 bits per heavy atom. The summed E-state index contributed by atoms with van der Waals surface area (Å²) in [6.07, 6.45) is -0.734.